The number of nitrogens with one attached hydrogen (secondary N) is 1. The molecule has 0 spiro atoms. The third kappa shape index (κ3) is 4.89. The molecule has 9 heteroatoms. The number of nitrogens with zero attached hydrogens (tertiary/aromatic N) is 5. The normalized spacial score (nSPS) is 15.2. The van der Waals surface area contributed by atoms with Crippen LogP contribution < -0.4 is 10.6 Å². The summed E-state index contributed by atoms with van der Waals surface area (Å²) in [7, 11) is 0. The molecule has 0 aliphatic carbocycles. The molecule has 0 bridgehead atoms. The maximum absolute atomic E-state index is 6.17. The molecule has 3 heterocycles. The lowest BCUT2D eigenvalue weighted by Gasteiger charge is -2.35. The molecule has 1 saturated heterocycles. The zero-order valence-corrected chi connectivity index (χ0v) is 18.2. The number of nitrogens with two attached hydrogens (primary N) is 1. The smallest absolute Gasteiger partial charge is 0.191 e. The number of aryl methyl sites for hydroxylation is 1. The van der Waals surface area contributed by atoms with Gasteiger partial charge in [-0.05, 0) is 18.6 Å². The number of para-hydroxylation sites is 2. The SMILES string of the molecule is I.NC(=NCCCc1nc2ccccc2[nH]1)N1CCN(c2nccs2)CC1. The minimum Gasteiger partial charge on any atom is -0.370 e. The lowest BCUT2D eigenvalue weighted by atomic mass is 10.3. The molecular weight excluding hydrogens is 473 g/mol. The summed E-state index contributed by atoms with van der Waals surface area (Å²) in [5.74, 6) is 1.66. The van der Waals surface area contributed by atoms with Crippen molar-refractivity contribution in [3.8, 4) is 0 Å². The summed E-state index contributed by atoms with van der Waals surface area (Å²) in [4.78, 5) is 21.3. The summed E-state index contributed by atoms with van der Waals surface area (Å²) in [6, 6.07) is 8.10. The molecule has 144 valence electrons. The number of aromatic amines is 1. The average Bonchev–Trinajstić information content (AvgIpc) is 3.34. The zero-order chi connectivity index (χ0) is 17.8. The molecule has 27 heavy (non-hydrogen) atoms. The van der Waals surface area contributed by atoms with Crippen molar-refractivity contribution >= 4 is 57.4 Å². The number of halogens is 1. The predicted octanol–water partition coefficient (Wildman–Crippen LogP) is 2.71. The van der Waals surface area contributed by atoms with Crippen molar-refractivity contribution in [3.63, 3.8) is 0 Å². The Balaban J connectivity index is 0.00000210. The first-order chi connectivity index (χ1) is 12.8. The number of hydrogen-bond donors (Lipinski definition) is 2. The standard InChI is InChI=1S/C18H23N7S.HI/c19-17(24-9-11-25(12-10-24)18-21-8-13-26-18)20-7-3-6-16-22-14-4-1-2-5-15(14)23-16;/h1-2,4-5,8,13H,3,6-7,9-12H2,(H2,19,20)(H,22,23);1H. The number of piperazine rings is 1. The van der Waals surface area contributed by atoms with Crippen molar-refractivity contribution in [2.45, 2.75) is 12.8 Å². The number of aromatic nitrogens is 3. The fraction of sp³-hybridized carbons (Fsp3) is 0.389. The Labute approximate surface area is 179 Å². The average molecular weight is 497 g/mol. The zero-order valence-electron chi connectivity index (χ0n) is 15.0. The van der Waals surface area contributed by atoms with Crippen LogP contribution in [0.3, 0.4) is 0 Å². The topological polar surface area (TPSA) is 86.4 Å². The van der Waals surface area contributed by atoms with Gasteiger partial charge >= 0.3 is 0 Å². The lowest BCUT2D eigenvalue weighted by molar-refractivity contribution is 0.380. The molecule has 1 aliphatic heterocycles. The maximum atomic E-state index is 6.17. The van der Waals surface area contributed by atoms with Gasteiger partial charge in [-0.2, -0.15) is 0 Å². The second kappa shape index (κ2) is 9.36. The highest BCUT2D eigenvalue weighted by Crippen LogP contribution is 2.18. The maximum Gasteiger partial charge on any atom is 0.191 e. The van der Waals surface area contributed by atoms with Gasteiger partial charge in [-0.25, -0.2) is 9.97 Å². The van der Waals surface area contributed by atoms with Crippen LogP contribution in [-0.2, 0) is 6.42 Å². The van der Waals surface area contributed by atoms with Gasteiger partial charge in [-0.1, -0.05) is 12.1 Å². The fourth-order valence-electron chi connectivity index (χ4n) is 3.16. The van der Waals surface area contributed by atoms with Crippen molar-refractivity contribution in [1.82, 2.24) is 19.9 Å². The van der Waals surface area contributed by atoms with Crippen molar-refractivity contribution in [2.75, 3.05) is 37.6 Å². The Kier molecular flexibility index (Phi) is 6.89. The molecule has 2 aromatic heterocycles. The number of anilines is 1. The fourth-order valence-corrected chi connectivity index (χ4v) is 3.86. The predicted molar refractivity (Wildman–Crippen MR) is 122 cm³/mol. The minimum absolute atomic E-state index is 0. The van der Waals surface area contributed by atoms with E-state index in [0.717, 1.165) is 67.6 Å². The van der Waals surface area contributed by atoms with Gasteiger partial charge in [-0.3, -0.25) is 4.99 Å². The van der Waals surface area contributed by atoms with E-state index in [-0.39, 0.29) is 24.0 Å². The number of hydrogen-bond acceptors (Lipinski definition) is 5. The molecule has 0 unspecified atom stereocenters. The molecule has 0 amide bonds. The Hall–Kier alpha value is -1.88. The Bertz CT molecular complexity index is 836. The summed E-state index contributed by atoms with van der Waals surface area (Å²) in [5, 5.41) is 3.10. The molecule has 7 nitrogen and oxygen atoms in total. The van der Waals surface area contributed by atoms with E-state index in [1.165, 1.54) is 0 Å². The van der Waals surface area contributed by atoms with Crippen LogP contribution in [0.4, 0.5) is 5.13 Å². The molecule has 0 radical (unpaired) electrons. The molecule has 1 fully saturated rings. The Morgan fingerprint density at radius 2 is 2.04 bits per heavy atom. The third-order valence-electron chi connectivity index (χ3n) is 4.58. The molecule has 0 atom stereocenters. The van der Waals surface area contributed by atoms with E-state index >= 15 is 0 Å². The number of rotatable bonds is 5. The number of H-pyrrole nitrogens is 1. The van der Waals surface area contributed by atoms with Crippen LogP contribution in [0.1, 0.15) is 12.2 Å². The summed E-state index contributed by atoms with van der Waals surface area (Å²) in [6.07, 6.45) is 3.66. The van der Waals surface area contributed by atoms with E-state index < -0.39 is 0 Å². The van der Waals surface area contributed by atoms with Crippen LogP contribution in [-0.4, -0.2) is 58.5 Å². The molecule has 3 N–H and O–H groups in total. The van der Waals surface area contributed by atoms with E-state index in [9.17, 15) is 0 Å². The Morgan fingerprint density at radius 1 is 1.22 bits per heavy atom. The highest BCUT2D eigenvalue weighted by Gasteiger charge is 2.19. The van der Waals surface area contributed by atoms with E-state index in [0.29, 0.717) is 5.96 Å². The van der Waals surface area contributed by atoms with Gasteiger partial charge in [0.1, 0.15) is 5.82 Å². The van der Waals surface area contributed by atoms with Crippen LogP contribution in [0.15, 0.2) is 40.8 Å². The highest BCUT2D eigenvalue weighted by molar-refractivity contribution is 14.0. The second-order valence-corrected chi connectivity index (χ2v) is 7.21. The first-order valence-electron chi connectivity index (χ1n) is 8.92. The van der Waals surface area contributed by atoms with E-state index in [1.54, 1.807) is 11.3 Å². The number of benzene rings is 1. The van der Waals surface area contributed by atoms with Crippen LogP contribution in [0, 0.1) is 0 Å². The van der Waals surface area contributed by atoms with Crippen molar-refractivity contribution in [2.24, 2.45) is 10.7 Å². The van der Waals surface area contributed by atoms with Gasteiger partial charge in [-0.15, -0.1) is 35.3 Å². The van der Waals surface area contributed by atoms with Crippen LogP contribution in [0.2, 0.25) is 0 Å². The molecule has 1 aromatic carbocycles. The van der Waals surface area contributed by atoms with Gasteiger partial charge in [0, 0.05) is 50.7 Å². The molecule has 1 aliphatic rings. The van der Waals surface area contributed by atoms with Gasteiger partial charge in [0.15, 0.2) is 11.1 Å². The monoisotopic (exact) mass is 497 g/mol. The van der Waals surface area contributed by atoms with Gasteiger partial charge in [0.25, 0.3) is 0 Å². The molecule has 0 saturated carbocycles. The number of thiazole rings is 1. The number of guanidine groups is 1. The van der Waals surface area contributed by atoms with Crippen LogP contribution in [0.25, 0.3) is 11.0 Å². The number of fused-ring (bicyclic) bond motifs is 1. The second-order valence-electron chi connectivity index (χ2n) is 6.33. The molecular formula is C18H24IN7S. The van der Waals surface area contributed by atoms with E-state index in [2.05, 4.69) is 29.7 Å². The highest BCUT2D eigenvalue weighted by atomic mass is 127. The number of imidazole rings is 1. The lowest BCUT2D eigenvalue weighted by Crippen LogP contribution is -2.51. The first-order valence-corrected chi connectivity index (χ1v) is 9.80. The quantitative estimate of drug-likeness (QED) is 0.245. The number of aliphatic imine (C=N–C) groups is 1. The summed E-state index contributed by atoms with van der Waals surface area (Å²) >= 11 is 1.68. The Morgan fingerprint density at radius 3 is 2.78 bits per heavy atom. The minimum atomic E-state index is 0. The van der Waals surface area contributed by atoms with Crippen LogP contribution >= 0.6 is 35.3 Å². The third-order valence-corrected chi connectivity index (χ3v) is 5.41. The van der Waals surface area contributed by atoms with E-state index in [1.807, 2.05) is 35.8 Å². The molecule has 4 rings (SSSR count). The van der Waals surface area contributed by atoms with E-state index in [4.69, 9.17) is 5.73 Å². The van der Waals surface area contributed by atoms with Gasteiger partial charge < -0.3 is 20.5 Å². The summed E-state index contributed by atoms with van der Waals surface area (Å²) < 4.78 is 0. The van der Waals surface area contributed by atoms with Gasteiger partial charge in [0.05, 0.1) is 11.0 Å². The first kappa shape index (κ1) is 19.9. The summed E-state index contributed by atoms with van der Waals surface area (Å²) in [5.41, 5.74) is 8.28. The molecule has 3 aromatic rings. The largest absolute Gasteiger partial charge is 0.370 e. The van der Waals surface area contributed by atoms with Crippen molar-refractivity contribution in [3.05, 3.63) is 41.7 Å². The van der Waals surface area contributed by atoms with Crippen molar-refractivity contribution in [1.29, 1.82) is 0 Å². The summed E-state index contributed by atoms with van der Waals surface area (Å²) in [6.45, 7) is 4.36. The van der Waals surface area contributed by atoms with Crippen molar-refractivity contribution < 1.29 is 0 Å². The van der Waals surface area contributed by atoms with Gasteiger partial charge in [0.2, 0.25) is 0 Å². The van der Waals surface area contributed by atoms with Crippen LogP contribution in [0.5, 0.6) is 0 Å².